The van der Waals surface area contributed by atoms with Gasteiger partial charge in [0.25, 0.3) is 0 Å². The molecule has 1 atom stereocenters. The van der Waals surface area contributed by atoms with Gasteiger partial charge in [0.1, 0.15) is 0 Å². The minimum Gasteiger partial charge on any atom is -0.480 e. The molecule has 1 aromatic heterocycles. The van der Waals surface area contributed by atoms with Crippen molar-refractivity contribution in [3.63, 3.8) is 0 Å². The predicted molar refractivity (Wildman–Crippen MR) is 55.6 cm³/mol. The molecule has 0 aliphatic heterocycles. The molecule has 0 amide bonds. The van der Waals surface area contributed by atoms with Gasteiger partial charge >= 0.3 is 0 Å². The van der Waals surface area contributed by atoms with E-state index < -0.39 is 0 Å². The van der Waals surface area contributed by atoms with Gasteiger partial charge < -0.3 is 9.84 Å². The average Bonchev–Trinajstić information content (AvgIpc) is 2.88. The van der Waals surface area contributed by atoms with Crippen LogP contribution in [0.4, 0.5) is 0 Å². The minimum absolute atomic E-state index is 0.334. The van der Waals surface area contributed by atoms with E-state index in [9.17, 15) is 5.11 Å². The Morgan fingerprint density at radius 2 is 2.29 bits per heavy atom. The summed E-state index contributed by atoms with van der Waals surface area (Å²) in [5.74, 6) is 1.04. The molecule has 1 unspecified atom stereocenters. The highest BCUT2D eigenvalue weighted by atomic mass is 32.1. The highest BCUT2D eigenvalue weighted by Gasteiger charge is 2.26. The van der Waals surface area contributed by atoms with Gasteiger partial charge in [0.2, 0.25) is 5.88 Å². The summed E-state index contributed by atoms with van der Waals surface area (Å²) in [6.07, 6.45) is 4.44. The van der Waals surface area contributed by atoms with Crippen molar-refractivity contribution in [1.29, 1.82) is 0 Å². The summed E-state index contributed by atoms with van der Waals surface area (Å²) < 4.78 is 9.08. The van der Waals surface area contributed by atoms with Gasteiger partial charge in [-0.05, 0) is 30.3 Å². The van der Waals surface area contributed by atoms with Crippen molar-refractivity contribution >= 4 is 11.5 Å². The molecule has 0 aromatic carbocycles. The molecule has 0 bridgehead atoms. The van der Waals surface area contributed by atoms with E-state index in [2.05, 4.69) is 4.37 Å². The molecule has 1 N–H and O–H groups in total. The number of aromatic nitrogens is 1. The third kappa shape index (κ3) is 1.91. The Hall–Kier alpha value is -0.610. The van der Waals surface area contributed by atoms with Gasteiger partial charge in [0.15, 0.2) is 0 Å². The van der Waals surface area contributed by atoms with Crippen LogP contribution in [0.3, 0.4) is 0 Å². The first-order chi connectivity index (χ1) is 6.81. The molecule has 1 fully saturated rings. The Morgan fingerprint density at radius 1 is 1.57 bits per heavy atom. The van der Waals surface area contributed by atoms with Gasteiger partial charge in [-0.2, -0.15) is 4.37 Å². The van der Waals surface area contributed by atoms with Crippen molar-refractivity contribution in [2.45, 2.75) is 31.8 Å². The SMILES string of the molecule is COc1cc(C(O)C2CCCC2)sn1. The van der Waals surface area contributed by atoms with E-state index in [0.717, 1.165) is 17.7 Å². The monoisotopic (exact) mass is 213 g/mol. The van der Waals surface area contributed by atoms with Crippen LogP contribution >= 0.6 is 11.5 Å². The van der Waals surface area contributed by atoms with E-state index in [1.165, 1.54) is 24.4 Å². The number of ether oxygens (including phenoxy) is 1. The molecule has 3 nitrogen and oxygen atoms in total. The lowest BCUT2D eigenvalue weighted by Crippen LogP contribution is -2.06. The van der Waals surface area contributed by atoms with Gasteiger partial charge in [-0.25, -0.2) is 0 Å². The van der Waals surface area contributed by atoms with Gasteiger partial charge in [0, 0.05) is 6.07 Å². The van der Waals surface area contributed by atoms with Crippen LogP contribution < -0.4 is 4.74 Å². The second-order valence-corrected chi connectivity index (χ2v) is 4.60. The summed E-state index contributed by atoms with van der Waals surface area (Å²) >= 11 is 1.34. The molecule has 1 aliphatic carbocycles. The summed E-state index contributed by atoms with van der Waals surface area (Å²) in [4.78, 5) is 0.939. The molecular formula is C10H15NO2S. The fraction of sp³-hybridized carbons (Fsp3) is 0.700. The maximum absolute atomic E-state index is 10.0. The molecule has 14 heavy (non-hydrogen) atoms. The lowest BCUT2D eigenvalue weighted by molar-refractivity contribution is 0.115. The average molecular weight is 213 g/mol. The number of aliphatic hydroxyl groups is 1. The Kier molecular flexibility index (Phi) is 3.03. The van der Waals surface area contributed by atoms with E-state index in [0.29, 0.717) is 11.8 Å². The third-order valence-corrected chi connectivity index (χ3v) is 3.70. The van der Waals surface area contributed by atoms with Crippen LogP contribution in [-0.2, 0) is 0 Å². The normalized spacial score (nSPS) is 19.9. The van der Waals surface area contributed by atoms with Crippen molar-refractivity contribution in [3.05, 3.63) is 10.9 Å². The Morgan fingerprint density at radius 3 is 2.86 bits per heavy atom. The highest BCUT2D eigenvalue weighted by molar-refractivity contribution is 7.06. The van der Waals surface area contributed by atoms with Crippen LogP contribution in [0.15, 0.2) is 6.07 Å². The number of hydrogen-bond donors (Lipinski definition) is 1. The zero-order chi connectivity index (χ0) is 9.97. The van der Waals surface area contributed by atoms with E-state index in [-0.39, 0.29) is 6.10 Å². The second kappa shape index (κ2) is 4.28. The third-order valence-electron chi connectivity index (χ3n) is 2.85. The summed E-state index contributed by atoms with van der Waals surface area (Å²) in [6.45, 7) is 0. The molecule has 1 aliphatic rings. The topological polar surface area (TPSA) is 42.4 Å². The zero-order valence-corrected chi connectivity index (χ0v) is 9.09. The molecule has 1 aromatic rings. The number of aliphatic hydroxyl groups excluding tert-OH is 1. The van der Waals surface area contributed by atoms with E-state index >= 15 is 0 Å². The van der Waals surface area contributed by atoms with E-state index in [4.69, 9.17) is 4.74 Å². The fourth-order valence-corrected chi connectivity index (χ4v) is 2.79. The summed E-state index contributed by atoms with van der Waals surface area (Å²) in [5.41, 5.74) is 0. The van der Waals surface area contributed by atoms with Gasteiger partial charge in [-0.1, -0.05) is 12.8 Å². The van der Waals surface area contributed by atoms with Crippen molar-refractivity contribution in [1.82, 2.24) is 4.37 Å². The van der Waals surface area contributed by atoms with E-state index in [1.54, 1.807) is 7.11 Å². The lowest BCUT2D eigenvalue weighted by atomic mass is 10.00. The van der Waals surface area contributed by atoms with Crippen LogP contribution in [0.1, 0.15) is 36.7 Å². The smallest absolute Gasteiger partial charge is 0.225 e. The quantitative estimate of drug-likeness (QED) is 0.838. The Balaban J connectivity index is 2.05. The number of nitrogens with zero attached hydrogens (tertiary/aromatic N) is 1. The first-order valence-corrected chi connectivity index (χ1v) is 5.77. The molecule has 78 valence electrons. The van der Waals surface area contributed by atoms with Crippen LogP contribution in [0.25, 0.3) is 0 Å². The maximum Gasteiger partial charge on any atom is 0.225 e. The molecule has 1 heterocycles. The largest absolute Gasteiger partial charge is 0.480 e. The molecular weight excluding hydrogens is 198 g/mol. The zero-order valence-electron chi connectivity index (χ0n) is 8.27. The predicted octanol–water partition coefficient (Wildman–Crippen LogP) is 2.38. The summed E-state index contributed by atoms with van der Waals surface area (Å²) in [5, 5.41) is 10.0. The standard InChI is InChI=1S/C10H15NO2S/c1-13-9-6-8(14-11-9)10(12)7-4-2-3-5-7/h6-7,10,12H,2-5H2,1H3. The van der Waals surface area contributed by atoms with Gasteiger partial charge in [-0.15, -0.1) is 0 Å². The fourth-order valence-electron chi connectivity index (χ4n) is 2.01. The summed E-state index contributed by atoms with van der Waals surface area (Å²) in [7, 11) is 1.60. The Bertz CT molecular complexity index is 294. The van der Waals surface area contributed by atoms with E-state index in [1.807, 2.05) is 6.07 Å². The van der Waals surface area contributed by atoms with Crippen LogP contribution in [0, 0.1) is 5.92 Å². The van der Waals surface area contributed by atoms with Crippen molar-refractivity contribution in [3.8, 4) is 5.88 Å². The lowest BCUT2D eigenvalue weighted by Gasteiger charge is -2.14. The molecule has 0 saturated heterocycles. The van der Waals surface area contributed by atoms with Gasteiger partial charge in [0.05, 0.1) is 18.1 Å². The second-order valence-electron chi connectivity index (χ2n) is 3.76. The maximum atomic E-state index is 10.0. The molecule has 0 radical (unpaired) electrons. The van der Waals surface area contributed by atoms with Crippen molar-refractivity contribution in [2.75, 3.05) is 7.11 Å². The molecule has 2 rings (SSSR count). The molecule has 4 heteroatoms. The van der Waals surface area contributed by atoms with Gasteiger partial charge in [-0.3, -0.25) is 0 Å². The number of rotatable bonds is 3. The summed E-state index contributed by atoms with van der Waals surface area (Å²) in [6, 6.07) is 1.84. The van der Waals surface area contributed by atoms with Crippen LogP contribution in [0.5, 0.6) is 5.88 Å². The Labute approximate surface area is 87.9 Å². The van der Waals surface area contributed by atoms with Crippen LogP contribution in [0.2, 0.25) is 0 Å². The minimum atomic E-state index is -0.334. The number of methoxy groups -OCH3 is 1. The van der Waals surface area contributed by atoms with Crippen LogP contribution in [-0.4, -0.2) is 16.6 Å². The van der Waals surface area contributed by atoms with Crippen molar-refractivity contribution < 1.29 is 9.84 Å². The highest BCUT2D eigenvalue weighted by Crippen LogP contribution is 2.37. The first kappa shape index (κ1) is 9.93. The first-order valence-electron chi connectivity index (χ1n) is 5.00. The number of hydrogen-bond acceptors (Lipinski definition) is 4. The molecule has 1 saturated carbocycles. The molecule has 0 spiro atoms. The van der Waals surface area contributed by atoms with Crippen molar-refractivity contribution in [2.24, 2.45) is 5.92 Å².